The molecule has 0 unspecified atom stereocenters. The average molecular weight is 284 g/mol. The number of benzene rings is 1. The van der Waals surface area contributed by atoms with Crippen LogP contribution in [0.15, 0.2) is 16.6 Å². The predicted octanol–water partition coefficient (Wildman–Crippen LogP) is 3.68. The number of alkyl halides is 3. The van der Waals surface area contributed by atoms with E-state index in [1.165, 1.54) is 6.92 Å². The lowest BCUT2D eigenvalue weighted by Gasteiger charge is -2.09. The van der Waals surface area contributed by atoms with Gasteiger partial charge in [-0.05, 0) is 28.9 Å². The molecule has 1 aromatic carbocycles. The third kappa shape index (κ3) is 2.47. The topological polar surface area (TPSA) is 43.1 Å². The molecule has 0 aromatic heterocycles. The van der Waals surface area contributed by atoms with E-state index < -0.39 is 16.7 Å². The molecule has 0 aliphatic heterocycles. The predicted molar refractivity (Wildman–Crippen MR) is 50.5 cm³/mol. The van der Waals surface area contributed by atoms with Crippen molar-refractivity contribution in [3.05, 3.63) is 37.8 Å². The van der Waals surface area contributed by atoms with Crippen LogP contribution in [0.25, 0.3) is 0 Å². The summed E-state index contributed by atoms with van der Waals surface area (Å²) in [5, 5.41) is 10.4. The molecule has 1 rings (SSSR count). The minimum atomic E-state index is -4.52. The molecule has 0 spiro atoms. The van der Waals surface area contributed by atoms with Crippen LogP contribution in [-0.2, 0) is 6.18 Å². The number of aryl methyl sites for hydroxylation is 1. The largest absolute Gasteiger partial charge is 0.417 e. The van der Waals surface area contributed by atoms with Gasteiger partial charge in [-0.3, -0.25) is 10.1 Å². The highest BCUT2D eigenvalue weighted by Crippen LogP contribution is 2.37. The summed E-state index contributed by atoms with van der Waals surface area (Å²) in [5.41, 5.74) is -1.27. The standard InChI is InChI=1S/C8H5BrF3NO2/c1-4-2-5(8(10,11)12)6(9)3-7(4)13(14)15/h2-3H,1H3. The van der Waals surface area contributed by atoms with Crippen LogP contribution in [0.3, 0.4) is 0 Å². The summed E-state index contributed by atoms with van der Waals surface area (Å²) in [6.45, 7) is 1.26. The minimum absolute atomic E-state index is 0.0180. The molecule has 3 nitrogen and oxygen atoms in total. The second kappa shape index (κ2) is 3.80. The number of hydrogen-bond acceptors (Lipinski definition) is 2. The number of nitrogens with zero attached hydrogens (tertiary/aromatic N) is 1. The fourth-order valence-electron chi connectivity index (χ4n) is 1.08. The van der Waals surface area contributed by atoms with E-state index in [1.54, 1.807) is 0 Å². The van der Waals surface area contributed by atoms with E-state index in [1.807, 2.05) is 0 Å². The molecule has 82 valence electrons. The van der Waals surface area contributed by atoms with Gasteiger partial charge in [-0.2, -0.15) is 13.2 Å². The zero-order valence-corrected chi connectivity index (χ0v) is 9.02. The molecule has 0 aliphatic carbocycles. The summed E-state index contributed by atoms with van der Waals surface area (Å²) in [4.78, 5) is 9.72. The van der Waals surface area contributed by atoms with Gasteiger partial charge in [0.2, 0.25) is 0 Å². The lowest BCUT2D eigenvalue weighted by molar-refractivity contribution is -0.385. The molecule has 0 fully saturated rings. The maximum absolute atomic E-state index is 12.4. The Balaban J connectivity index is 3.39. The zero-order chi connectivity index (χ0) is 11.8. The average Bonchev–Trinajstić information content (AvgIpc) is 2.06. The Kier molecular flexibility index (Phi) is 3.03. The van der Waals surface area contributed by atoms with Crippen LogP contribution < -0.4 is 0 Å². The molecule has 1 aromatic rings. The highest BCUT2D eigenvalue weighted by atomic mass is 79.9. The Labute approximate surface area is 91.2 Å². The van der Waals surface area contributed by atoms with Gasteiger partial charge in [-0.1, -0.05) is 0 Å². The Morgan fingerprint density at radius 1 is 1.40 bits per heavy atom. The quantitative estimate of drug-likeness (QED) is 0.583. The zero-order valence-electron chi connectivity index (χ0n) is 7.43. The maximum Gasteiger partial charge on any atom is 0.417 e. The number of nitro groups is 1. The molecular formula is C8H5BrF3NO2. The highest BCUT2D eigenvalue weighted by molar-refractivity contribution is 9.10. The van der Waals surface area contributed by atoms with Crippen molar-refractivity contribution in [1.29, 1.82) is 0 Å². The number of rotatable bonds is 1. The SMILES string of the molecule is Cc1cc(C(F)(F)F)c(Br)cc1[N+](=O)[O-]. The van der Waals surface area contributed by atoms with E-state index in [-0.39, 0.29) is 15.7 Å². The van der Waals surface area contributed by atoms with E-state index in [4.69, 9.17) is 0 Å². The van der Waals surface area contributed by atoms with Crippen molar-refractivity contribution in [2.24, 2.45) is 0 Å². The molecular weight excluding hydrogens is 279 g/mol. The molecule has 7 heteroatoms. The summed E-state index contributed by atoms with van der Waals surface area (Å²) in [6, 6.07) is 1.61. The normalized spacial score (nSPS) is 11.5. The summed E-state index contributed by atoms with van der Waals surface area (Å²) < 4.78 is 36.8. The van der Waals surface area contributed by atoms with Crippen molar-refractivity contribution in [3.8, 4) is 0 Å². The van der Waals surface area contributed by atoms with E-state index >= 15 is 0 Å². The van der Waals surface area contributed by atoms with Crippen molar-refractivity contribution >= 4 is 21.6 Å². The first-order chi connectivity index (χ1) is 6.73. The maximum atomic E-state index is 12.4. The minimum Gasteiger partial charge on any atom is -0.258 e. The Morgan fingerprint density at radius 2 is 1.93 bits per heavy atom. The third-order valence-electron chi connectivity index (χ3n) is 1.79. The Morgan fingerprint density at radius 3 is 2.33 bits per heavy atom. The van der Waals surface area contributed by atoms with Crippen molar-refractivity contribution in [3.63, 3.8) is 0 Å². The van der Waals surface area contributed by atoms with Gasteiger partial charge in [0.25, 0.3) is 5.69 Å². The van der Waals surface area contributed by atoms with Crippen molar-refractivity contribution in [1.82, 2.24) is 0 Å². The number of nitro benzene ring substituents is 1. The van der Waals surface area contributed by atoms with Gasteiger partial charge in [0.05, 0.1) is 10.5 Å². The van der Waals surface area contributed by atoms with E-state index in [9.17, 15) is 23.3 Å². The van der Waals surface area contributed by atoms with Gasteiger partial charge in [0, 0.05) is 16.1 Å². The molecule has 0 saturated carbocycles. The molecule has 0 atom stereocenters. The van der Waals surface area contributed by atoms with Crippen LogP contribution in [0, 0.1) is 17.0 Å². The van der Waals surface area contributed by atoms with E-state index in [2.05, 4.69) is 15.9 Å². The number of hydrogen-bond donors (Lipinski definition) is 0. The fraction of sp³-hybridized carbons (Fsp3) is 0.250. The molecule has 0 bridgehead atoms. The van der Waals surface area contributed by atoms with Gasteiger partial charge in [0.15, 0.2) is 0 Å². The lowest BCUT2D eigenvalue weighted by atomic mass is 10.1. The summed E-state index contributed by atoms with van der Waals surface area (Å²) in [7, 11) is 0. The van der Waals surface area contributed by atoms with E-state index in [0.29, 0.717) is 0 Å². The second-order valence-corrected chi connectivity index (χ2v) is 3.73. The third-order valence-corrected chi connectivity index (χ3v) is 2.44. The summed E-state index contributed by atoms with van der Waals surface area (Å²) in [6.07, 6.45) is -4.52. The summed E-state index contributed by atoms with van der Waals surface area (Å²) in [5.74, 6) is 0. The first-order valence-electron chi connectivity index (χ1n) is 3.75. The summed E-state index contributed by atoms with van der Waals surface area (Å²) >= 11 is 2.66. The lowest BCUT2D eigenvalue weighted by Crippen LogP contribution is -2.07. The van der Waals surface area contributed by atoms with Crippen LogP contribution in [0.5, 0.6) is 0 Å². The van der Waals surface area contributed by atoms with Crippen molar-refractivity contribution < 1.29 is 18.1 Å². The van der Waals surface area contributed by atoms with Gasteiger partial charge < -0.3 is 0 Å². The Hall–Kier alpha value is -1.11. The van der Waals surface area contributed by atoms with E-state index in [0.717, 1.165) is 12.1 Å². The Bertz CT molecular complexity index is 417. The van der Waals surface area contributed by atoms with Gasteiger partial charge in [0.1, 0.15) is 0 Å². The van der Waals surface area contributed by atoms with Gasteiger partial charge in [-0.15, -0.1) is 0 Å². The fourth-order valence-corrected chi connectivity index (χ4v) is 1.64. The van der Waals surface area contributed by atoms with Crippen molar-refractivity contribution in [2.75, 3.05) is 0 Å². The smallest absolute Gasteiger partial charge is 0.258 e. The van der Waals surface area contributed by atoms with Crippen LogP contribution in [0.2, 0.25) is 0 Å². The van der Waals surface area contributed by atoms with Gasteiger partial charge >= 0.3 is 6.18 Å². The monoisotopic (exact) mass is 283 g/mol. The molecule has 0 radical (unpaired) electrons. The molecule has 0 amide bonds. The van der Waals surface area contributed by atoms with Crippen LogP contribution in [0.1, 0.15) is 11.1 Å². The molecule has 0 aliphatic rings. The number of halogens is 4. The van der Waals surface area contributed by atoms with Crippen LogP contribution >= 0.6 is 15.9 Å². The first-order valence-corrected chi connectivity index (χ1v) is 4.54. The second-order valence-electron chi connectivity index (χ2n) is 2.87. The molecule has 0 heterocycles. The molecule has 0 saturated heterocycles. The van der Waals surface area contributed by atoms with Crippen molar-refractivity contribution in [2.45, 2.75) is 13.1 Å². The van der Waals surface area contributed by atoms with Crippen LogP contribution in [0.4, 0.5) is 18.9 Å². The first kappa shape index (κ1) is 12.0. The molecule has 0 N–H and O–H groups in total. The van der Waals surface area contributed by atoms with Gasteiger partial charge in [-0.25, -0.2) is 0 Å². The molecule has 15 heavy (non-hydrogen) atoms. The van der Waals surface area contributed by atoms with Crippen LogP contribution in [-0.4, -0.2) is 4.92 Å². The highest BCUT2D eigenvalue weighted by Gasteiger charge is 2.34.